The fraction of sp³-hybridized carbons (Fsp3) is 0.231. The lowest BCUT2D eigenvalue weighted by Gasteiger charge is -2.21. The van der Waals surface area contributed by atoms with Crippen LogP contribution < -0.4 is 10.5 Å². The van der Waals surface area contributed by atoms with Gasteiger partial charge in [0.1, 0.15) is 11.9 Å². The van der Waals surface area contributed by atoms with Crippen LogP contribution in [-0.2, 0) is 0 Å². The third kappa shape index (κ3) is 3.77. The molecule has 2 unspecified atom stereocenters. The van der Waals surface area contributed by atoms with Crippen molar-refractivity contribution in [2.24, 2.45) is 5.73 Å². The van der Waals surface area contributed by atoms with E-state index in [1.54, 1.807) is 18.2 Å². The molecule has 1 aromatic heterocycles. The SMILES string of the molecule is CC(N)C(Oc1ccc(Cl)c(Cl)c1)c1ccc(Cl)s1. The van der Waals surface area contributed by atoms with Crippen LogP contribution in [0.25, 0.3) is 0 Å². The Hall–Kier alpha value is -0.450. The summed E-state index contributed by atoms with van der Waals surface area (Å²) in [6.45, 7) is 1.88. The standard InChI is InChI=1S/C13H12Cl3NOS/c1-7(17)13(11-4-5-12(16)19-11)18-8-2-3-9(14)10(15)6-8/h2-7,13H,17H2,1H3. The average Bonchev–Trinajstić information content (AvgIpc) is 2.76. The maximum Gasteiger partial charge on any atom is 0.148 e. The lowest BCUT2D eigenvalue weighted by Crippen LogP contribution is -2.28. The molecule has 0 spiro atoms. The van der Waals surface area contributed by atoms with Crippen LogP contribution in [-0.4, -0.2) is 6.04 Å². The Labute approximate surface area is 131 Å². The van der Waals surface area contributed by atoms with Crippen molar-refractivity contribution in [2.45, 2.75) is 19.1 Å². The molecule has 2 nitrogen and oxygen atoms in total. The molecule has 2 atom stereocenters. The number of thiophene rings is 1. The largest absolute Gasteiger partial charge is 0.483 e. The molecule has 0 saturated carbocycles. The molecule has 0 radical (unpaired) electrons. The normalized spacial score (nSPS) is 14.2. The van der Waals surface area contributed by atoms with Crippen molar-refractivity contribution in [3.8, 4) is 5.75 Å². The molecule has 0 fully saturated rings. The van der Waals surface area contributed by atoms with Gasteiger partial charge in [0.15, 0.2) is 0 Å². The monoisotopic (exact) mass is 335 g/mol. The molecule has 0 bridgehead atoms. The Bertz CT molecular complexity index is 571. The second kappa shape index (κ2) is 6.33. The summed E-state index contributed by atoms with van der Waals surface area (Å²) in [4.78, 5) is 0.978. The molecular weight excluding hydrogens is 325 g/mol. The molecule has 0 aliphatic carbocycles. The molecule has 1 heterocycles. The summed E-state index contributed by atoms with van der Waals surface area (Å²) in [5, 5.41) is 0.942. The summed E-state index contributed by atoms with van der Waals surface area (Å²) >= 11 is 19.2. The van der Waals surface area contributed by atoms with Gasteiger partial charge < -0.3 is 10.5 Å². The van der Waals surface area contributed by atoms with E-state index in [1.165, 1.54) is 11.3 Å². The highest BCUT2D eigenvalue weighted by molar-refractivity contribution is 7.16. The van der Waals surface area contributed by atoms with Gasteiger partial charge >= 0.3 is 0 Å². The van der Waals surface area contributed by atoms with Crippen molar-refractivity contribution in [3.63, 3.8) is 0 Å². The molecule has 0 aliphatic rings. The quantitative estimate of drug-likeness (QED) is 0.835. The fourth-order valence-electron chi connectivity index (χ4n) is 1.60. The molecule has 2 aromatic rings. The van der Waals surface area contributed by atoms with E-state index in [-0.39, 0.29) is 12.1 Å². The van der Waals surface area contributed by atoms with E-state index in [2.05, 4.69) is 0 Å². The second-order valence-electron chi connectivity index (χ2n) is 4.12. The summed E-state index contributed by atoms with van der Waals surface area (Å²) < 4.78 is 6.60. The van der Waals surface area contributed by atoms with Crippen LogP contribution in [0.2, 0.25) is 14.4 Å². The number of rotatable bonds is 4. The van der Waals surface area contributed by atoms with Gasteiger partial charge in [0, 0.05) is 17.0 Å². The first-order valence-corrected chi connectivity index (χ1v) is 7.55. The number of ether oxygens (including phenoxy) is 1. The van der Waals surface area contributed by atoms with Gasteiger partial charge in [-0.1, -0.05) is 34.8 Å². The van der Waals surface area contributed by atoms with E-state index in [0.717, 1.165) is 4.88 Å². The van der Waals surface area contributed by atoms with Gasteiger partial charge in [-0.25, -0.2) is 0 Å². The maximum absolute atomic E-state index is 5.97. The van der Waals surface area contributed by atoms with Crippen molar-refractivity contribution < 1.29 is 4.74 Å². The van der Waals surface area contributed by atoms with Gasteiger partial charge in [-0.3, -0.25) is 0 Å². The topological polar surface area (TPSA) is 35.2 Å². The van der Waals surface area contributed by atoms with E-state index in [0.29, 0.717) is 20.1 Å². The molecule has 2 N–H and O–H groups in total. The highest BCUT2D eigenvalue weighted by Gasteiger charge is 2.20. The summed E-state index contributed by atoms with van der Waals surface area (Å²) in [6, 6.07) is 8.70. The van der Waals surface area contributed by atoms with Gasteiger partial charge in [-0.2, -0.15) is 0 Å². The van der Waals surface area contributed by atoms with Gasteiger partial charge in [0.25, 0.3) is 0 Å². The first kappa shape index (κ1) is 14.9. The van der Waals surface area contributed by atoms with Crippen LogP contribution in [0.5, 0.6) is 5.75 Å². The average molecular weight is 337 g/mol. The molecule has 0 aliphatic heterocycles. The fourth-order valence-corrected chi connectivity index (χ4v) is 3.10. The highest BCUT2D eigenvalue weighted by atomic mass is 35.5. The molecule has 6 heteroatoms. The zero-order chi connectivity index (χ0) is 14.0. The van der Waals surface area contributed by atoms with Crippen molar-refractivity contribution >= 4 is 46.1 Å². The van der Waals surface area contributed by atoms with Crippen LogP contribution in [0.1, 0.15) is 17.9 Å². The lowest BCUT2D eigenvalue weighted by molar-refractivity contribution is 0.184. The lowest BCUT2D eigenvalue weighted by atomic mass is 10.1. The summed E-state index contributed by atoms with van der Waals surface area (Å²) in [5.41, 5.74) is 5.97. The number of hydrogen-bond donors (Lipinski definition) is 1. The minimum Gasteiger partial charge on any atom is -0.483 e. The Kier molecular flexibility index (Phi) is 4.98. The van der Waals surface area contributed by atoms with Crippen molar-refractivity contribution in [1.29, 1.82) is 0 Å². The minimum atomic E-state index is -0.269. The number of nitrogens with two attached hydrogens (primary N) is 1. The first-order valence-electron chi connectivity index (χ1n) is 5.60. The first-order chi connectivity index (χ1) is 8.97. The predicted octanol–water partition coefficient (Wildman–Crippen LogP) is 5.18. The van der Waals surface area contributed by atoms with Gasteiger partial charge in [-0.05, 0) is 31.2 Å². The second-order valence-corrected chi connectivity index (χ2v) is 6.68. The number of benzene rings is 1. The third-order valence-electron chi connectivity index (χ3n) is 2.51. The molecule has 19 heavy (non-hydrogen) atoms. The zero-order valence-electron chi connectivity index (χ0n) is 10.1. The molecule has 0 amide bonds. The van der Waals surface area contributed by atoms with E-state index in [4.69, 9.17) is 45.3 Å². The van der Waals surface area contributed by atoms with Crippen molar-refractivity contribution in [1.82, 2.24) is 0 Å². The van der Waals surface area contributed by atoms with Crippen LogP contribution >= 0.6 is 46.1 Å². The van der Waals surface area contributed by atoms with Crippen molar-refractivity contribution in [3.05, 3.63) is 49.6 Å². The third-order valence-corrected chi connectivity index (χ3v) is 4.54. The summed E-state index contributed by atoms with van der Waals surface area (Å²) in [7, 11) is 0. The molecule has 0 saturated heterocycles. The highest BCUT2D eigenvalue weighted by Crippen LogP contribution is 2.33. The summed E-state index contributed by atoms with van der Waals surface area (Å²) in [6.07, 6.45) is -0.269. The van der Waals surface area contributed by atoms with E-state index >= 15 is 0 Å². The van der Waals surface area contributed by atoms with Crippen molar-refractivity contribution in [2.75, 3.05) is 0 Å². The Morgan fingerprint density at radius 1 is 1.11 bits per heavy atom. The number of halogens is 3. The predicted molar refractivity (Wildman–Crippen MR) is 82.8 cm³/mol. The Morgan fingerprint density at radius 2 is 1.84 bits per heavy atom. The zero-order valence-corrected chi connectivity index (χ0v) is 13.2. The van der Waals surface area contributed by atoms with Crippen LogP contribution in [0, 0.1) is 0 Å². The number of hydrogen-bond acceptors (Lipinski definition) is 3. The van der Waals surface area contributed by atoms with E-state index in [1.807, 2.05) is 19.1 Å². The summed E-state index contributed by atoms with van der Waals surface area (Å²) in [5.74, 6) is 0.626. The Morgan fingerprint density at radius 3 is 2.37 bits per heavy atom. The van der Waals surface area contributed by atoms with Crippen LogP contribution in [0.3, 0.4) is 0 Å². The molecule has 1 aromatic carbocycles. The molecule has 2 rings (SSSR count). The van der Waals surface area contributed by atoms with E-state index < -0.39 is 0 Å². The van der Waals surface area contributed by atoms with E-state index in [9.17, 15) is 0 Å². The van der Waals surface area contributed by atoms with Gasteiger partial charge in [0.05, 0.1) is 14.4 Å². The maximum atomic E-state index is 5.97. The smallest absolute Gasteiger partial charge is 0.148 e. The molecule has 102 valence electrons. The minimum absolute atomic E-state index is 0.177. The van der Waals surface area contributed by atoms with Crippen LogP contribution in [0.4, 0.5) is 0 Å². The van der Waals surface area contributed by atoms with Gasteiger partial charge in [0.2, 0.25) is 0 Å². The van der Waals surface area contributed by atoms with Gasteiger partial charge in [-0.15, -0.1) is 11.3 Å². The molecular formula is C13H12Cl3NOS. The van der Waals surface area contributed by atoms with Crippen LogP contribution in [0.15, 0.2) is 30.3 Å². The Balaban J connectivity index is 2.23.